The van der Waals surface area contributed by atoms with E-state index in [1.54, 1.807) is 13.3 Å². The second-order valence-corrected chi connectivity index (χ2v) is 4.02. The highest BCUT2D eigenvalue weighted by atomic mass is 16.6. The summed E-state index contributed by atoms with van der Waals surface area (Å²) in [4.78, 5) is 5.41. The summed E-state index contributed by atoms with van der Waals surface area (Å²) >= 11 is 0. The molecule has 16 heavy (non-hydrogen) atoms. The Labute approximate surface area is 96.1 Å². The fourth-order valence-electron chi connectivity index (χ4n) is 1.89. The van der Waals surface area contributed by atoms with Gasteiger partial charge in [-0.2, -0.15) is 0 Å². The molecule has 1 aromatic carbocycles. The summed E-state index contributed by atoms with van der Waals surface area (Å²) in [7, 11) is 1.66. The minimum atomic E-state index is 0.321. The fraction of sp³-hybridized carbons (Fsp3) is 0.462. The highest BCUT2D eigenvalue weighted by molar-refractivity contribution is 5.79. The molecule has 0 amide bonds. The van der Waals surface area contributed by atoms with Gasteiger partial charge in [0.15, 0.2) is 0 Å². The quantitative estimate of drug-likeness (QED) is 0.575. The molecular weight excluding hydrogens is 202 g/mol. The largest absolute Gasteiger partial charge is 0.497 e. The van der Waals surface area contributed by atoms with E-state index in [4.69, 9.17) is 9.57 Å². The molecule has 0 heterocycles. The number of rotatable bonds is 4. The molecule has 1 fully saturated rings. The van der Waals surface area contributed by atoms with E-state index in [0.717, 1.165) is 24.2 Å². The van der Waals surface area contributed by atoms with Crippen LogP contribution in [-0.4, -0.2) is 19.4 Å². The summed E-state index contributed by atoms with van der Waals surface area (Å²) in [5.41, 5.74) is 0.998. The standard InChI is InChI=1S/C13H17NO2/c1-15-13-8-4-5-11(9-13)10-14-16-12-6-2-3-7-12/h4-5,8-10,12H,2-3,6-7H2,1H3. The maximum atomic E-state index is 5.41. The summed E-state index contributed by atoms with van der Waals surface area (Å²) in [6, 6.07) is 7.76. The van der Waals surface area contributed by atoms with Gasteiger partial charge in [0, 0.05) is 0 Å². The Morgan fingerprint density at radius 1 is 1.31 bits per heavy atom. The van der Waals surface area contributed by atoms with Crippen LogP contribution in [0.4, 0.5) is 0 Å². The molecule has 0 aromatic heterocycles. The lowest BCUT2D eigenvalue weighted by molar-refractivity contribution is 0.0657. The first-order valence-electron chi connectivity index (χ1n) is 5.72. The van der Waals surface area contributed by atoms with Crippen LogP contribution in [0.15, 0.2) is 29.4 Å². The average molecular weight is 219 g/mol. The van der Waals surface area contributed by atoms with E-state index in [0.29, 0.717) is 6.10 Å². The predicted molar refractivity (Wildman–Crippen MR) is 63.9 cm³/mol. The number of oxime groups is 1. The van der Waals surface area contributed by atoms with Crippen molar-refractivity contribution in [1.29, 1.82) is 0 Å². The van der Waals surface area contributed by atoms with Gasteiger partial charge in [-0.1, -0.05) is 17.3 Å². The second-order valence-electron chi connectivity index (χ2n) is 4.02. The lowest BCUT2D eigenvalue weighted by Crippen LogP contribution is -2.02. The van der Waals surface area contributed by atoms with E-state index in [-0.39, 0.29) is 0 Å². The summed E-state index contributed by atoms with van der Waals surface area (Å²) in [6.45, 7) is 0. The van der Waals surface area contributed by atoms with Crippen molar-refractivity contribution in [2.75, 3.05) is 7.11 Å². The highest BCUT2D eigenvalue weighted by Gasteiger charge is 2.15. The van der Waals surface area contributed by atoms with Crippen LogP contribution in [0.1, 0.15) is 31.2 Å². The van der Waals surface area contributed by atoms with E-state index >= 15 is 0 Å². The number of hydrogen-bond acceptors (Lipinski definition) is 3. The van der Waals surface area contributed by atoms with E-state index in [1.807, 2.05) is 24.3 Å². The summed E-state index contributed by atoms with van der Waals surface area (Å²) in [5, 5.41) is 4.02. The van der Waals surface area contributed by atoms with Crippen LogP contribution < -0.4 is 4.74 Å². The first kappa shape index (κ1) is 11.0. The van der Waals surface area contributed by atoms with Crippen molar-refractivity contribution < 1.29 is 9.57 Å². The molecule has 86 valence electrons. The Balaban J connectivity index is 1.89. The summed E-state index contributed by atoms with van der Waals surface area (Å²) in [5.74, 6) is 0.838. The van der Waals surface area contributed by atoms with Gasteiger partial charge >= 0.3 is 0 Å². The molecule has 0 atom stereocenters. The molecule has 2 rings (SSSR count). The smallest absolute Gasteiger partial charge is 0.127 e. The average Bonchev–Trinajstić information content (AvgIpc) is 2.82. The third-order valence-electron chi connectivity index (χ3n) is 2.81. The lowest BCUT2D eigenvalue weighted by atomic mass is 10.2. The molecule has 1 aromatic rings. The summed E-state index contributed by atoms with van der Waals surface area (Å²) < 4.78 is 5.13. The van der Waals surface area contributed by atoms with Crippen LogP contribution in [0.2, 0.25) is 0 Å². The third-order valence-corrected chi connectivity index (χ3v) is 2.81. The maximum absolute atomic E-state index is 5.41. The minimum Gasteiger partial charge on any atom is -0.497 e. The first-order chi connectivity index (χ1) is 7.88. The minimum absolute atomic E-state index is 0.321. The molecular formula is C13H17NO2. The molecule has 0 bridgehead atoms. The zero-order chi connectivity index (χ0) is 11.2. The number of methoxy groups -OCH3 is 1. The Morgan fingerprint density at radius 3 is 2.88 bits per heavy atom. The molecule has 1 aliphatic carbocycles. The molecule has 3 nitrogen and oxygen atoms in total. The zero-order valence-corrected chi connectivity index (χ0v) is 9.56. The Bertz CT molecular complexity index is 357. The Kier molecular flexibility index (Phi) is 3.81. The van der Waals surface area contributed by atoms with E-state index in [9.17, 15) is 0 Å². The van der Waals surface area contributed by atoms with Gasteiger partial charge in [0.2, 0.25) is 0 Å². The van der Waals surface area contributed by atoms with Gasteiger partial charge < -0.3 is 9.57 Å². The number of hydrogen-bond donors (Lipinski definition) is 0. The lowest BCUT2D eigenvalue weighted by Gasteiger charge is -2.05. The molecule has 0 N–H and O–H groups in total. The van der Waals surface area contributed by atoms with Crippen LogP contribution in [0.3, 0.4) is 0 Å². The molecule has 1 aliphatic rings. The van der Waals surface area contributed by atoms with E-state index in [2.05, 4.69) is 5.16 Å². The highest BCUT2D eigenvalue weighted by Crippen LogP contribution is 2.21. The van der Waals surface area contributed by atoms with Gasteiger partial charge in [0.25, 0.3) is 0 Å². The van der Waals surface area contributed by atoms with Crippen LogP contribution in [0.25, 0.3) is 0 Å². The van der Waals surface area contributed by atoms with Crippen molar-refractivity contribution in [3.8, 4) is 5.75 Å². The molecule has 0 unspecified atom stereocenters. The third kappa shape index (κ3) is 2.99. The van der Waals surface area contributed by atoms with Crippen molar-refractivity contribution in [2.45, 2.75) is 31.8 Å². The Morgan fingerprint density at radius 2 is 2.12 bits per heavy atom. The van der Waals surface area contributed by atoms with Crippen LogP contribution in [-0.2, 0) is 4.84 Å². The molecule has 0 radical (unpaired) electrons. The Hall–Kier alpha value is -1.51. The van der Waals surface area contributed by atoms with E-state index < -0.39 is 0 Å². The fourth-order valence-corrected chi connectivity index (χ4v) is 1.89. The van der Waals surface area contributed by atoms with E-state index in [1.165, 1.54) is 12.8 Å². The van der Waals surface area contributed by atoms with Crippen LogP contribution >= 0.6 is 0 Å². The predicted octanol–water partition coefficient (Wildman–Crippen LogP) is 2.99. The molecule has 0 saturated heterocycles. The monoisotopic (exact) mass is 219 g/mol. The van der Waals surface area contributed by atoms with Crippen molar-refractivity contribution >= 4 is 6.21 Å². The van der Waals surface area contributed by atoms with Gasteiger partial charge in [0.05, 0.1) is 13.3 Å². The van der Waals surface area contributed by atoms with Gasteiger partial charge in [-0.3, -0.25) is 0 Å². The van der Waals surface area contributed by atoms with Crippen molar-refractivity contribution in [1.82, 2.24) is 0 Å². The maximum Gasteiger partial charge on any atom is 0.127 e. The normalized spacial score (nSPS) is 16.8. The van der Waals surface area contributed by atoms with Gasteiger partial charge in [-0.25, -0.2) is 0 Å². The zero-order valence-electron chi connectivity index (χ0n) is 9.56. The van der Waals surface area contributed by atoms with Gasteiger partial charge in [-0.15, -0.1) is 0 Å². The van der Waals surface area contributed by atoms with Crippen LogP contribution in [0.5, 0.6) is 5.75 Å². The number of benzene rings is 1. The molecule has 0 aliphatic heterocycles. The molecule has 0 spiro atoms. The summed E-state index contributed by atoms with van der Waals surface area (Å²) in [6.07, 6.45) is 6.85. The topological polar surface area (TPSA) is 30.8 Å². The van der Waals surface area contributed by atoms with Crippen molar-refractivity contribution in [2.24, 2.45) is 5.16 Å². The first-order valence-corrected chi connectivity index (χ1v) is 5.72. The van der Waals surface area contributed by atoms with Crippen molar-refractivity contribution in [3.63, 3.8) is 0 Å². The second kappa shape index (κ2) is 5.54. The van der Waals surface area contributed by atoms with Gasteiger partial charge in [-0.05, 0) is 43.4 Å². The SMILES string of the molecule is COc1cccc(C=NOC2CCCC2)c1. The number of nitrogens with zero attached hydrogens (tertiary/aromatic N) is 1. The van der Waals surface area contributed by atoms with Crippen molar-refractivity contribution in [3.05, 3.63) is 29.8 Å². The molecule has 1 saturated carbocycles. The van der Waals surface area contributed by atoms with Gasteiger partial charge in [0.1, 0.15) is 11.9 Å². The number of ether oxygens (including phenoxy) is 1. The molecule has 3 heteroatoms. The van der Waals surface area contributed by atoms with Crippen LogP contribution in [0, 0.1) is 0 Å².